The Morgan fingerprint density at radius 3 is 2.36 bits per heavy atom. The quantitative estimate of drug-likeness (QED) is 0.402. The van der Waals surface area contributed by atoms with E-state index in [9.17, 15) is 19.7 Å². The fraction of sp³-hybridized carbons (Fsp3) is 0.900. The lowest BCUT2D eigenvalue weighted by atomic mass is 9.86. The van der Waals surface area contributed by atoms with Crippen LogP contribution in [0.15, 0.2) is 0 Å². The summed E-state index contributed by atoms with van der Waals surface area (Å²) in [7, 11) is 0. The smallest absolute Gasteiger partial charge is 0.309 e. The lowest BCUT2D eigenvalue weighted by Crippen LogP contribution is -2.39. The van der Waals surface area contributed by atoms with Gasteiger partial charge >= 0.3 is 5.97 Å². The minimum Gasteiger partial charge on any atom is -0.462 e. The molecule has 2 aliphatic heterocycles. The van der Waals surface area contributed by atoms with Crippen molar-refractivity contribution in [3.63, 3.8) is 0 Å². The molecule has 2 saturated heterocycles. The molecule has 0 aromatic rings. The van der Waals surface area contributed by atoms with Gasteiger partial charge in [0.15, 0.2) is 0 Å². The molecule has 2 heterocycles. The number of carbonyl (C=O) groups excluding carboxylic acids is 2. The van der Waals surface area contributed by atoms with Crippen LogP contribution >= 0.6 is 0 Å². The maximum Gasteiger partial charge on any atom is 0.309 e. The lowest BCUT2D eigenvalue weighted by Gasteiger charge is -2.28. The van der Waals surface area contributed by atoms with E-state index < -0.39 is 5.54 Å². The molecule has 0 saturated carbocycles. The van der Waals surface area contributed by atoms with E-state index in [-0.39, 0.29) is 52.8 Å². The van der Waals surface area contributed by atoms with Crippen LogP contribution in [-0.4, -0.2) is 45.2 Å². The monoisotopic (exact) mass is 400 g/mol. The second-order valence-corrected chi connectivity index (χ2v) is 9.50. The van der Waals surface area contributed by atoms with Crippen molar-refractivity contribution in [1.82, 2.24) is 5.32 Å². The first-order chi connectivity index (χ1) is 12.7. The molecule has 162 valence electrons. The van der Waals surface area contributed by atoms with Gasteiger partial charge in [-0.3, -0.25) is 19.7 Å². The summed E-state index contributed by atoms with van der Waals surface area (Å²) in [5.41, 5.74) is -1.11. The molecule has 4 unspecified atom stereocenters. The number of amides is 1. The maximum absolute atomic E-state index is 11.5. The molecule has 0 spiro atoms. The van der Waals surface area contributed by atoms with Crippen LogP contribution in [0, 0.1) is 22.0 Å². The van der Waals surface area contributed by atoms with E-state index in [0.29, 0.717) is 12.8 Å². The van der Waals surface area contributed by atoms with E-state index in [2.05, 4.69) is 5.32 Å². The van der Waals surface area contributed by atoms with Gasteiger partial charge in [-0.15, -0.1) is 0 Å². The molecule has 2 aliphatic rings. The molecule has 0 aromatic heterocycles. The van der Waals surface area contributed by atoms with Gasteiger partial charge in [-0.05, 0) is 59.8 Å². The third kappa shape index (κ3) is 7.73. The Labute approximate surface area is 167 Å². The highest BCUT2D eigenvalue weighted by molar-refractivity contribution is 5.81. The summed E-state index contributed by atoms with van der Waals surface area (Å²) in [5, 5.41) is 22.8. The Kier molecular flexibility index (Phi) is 8.41. The summed E-state index contributed by atoms with van der Waals surface area (Å²) >= 11 is 0. The van der Waals surface area contributed by atoms with Gasteiger partial charge in [0.25, 0.3) is 0 Å². The van der Waals surface area contributed by atoms with Gasteiger partial charge in [0.2, 0.25) is 11.4 Å². The summed E-state index contributed by atoms with van der Waals surface area (Å²) in [5.74, 6) is -0.361. The van der Waals surface area contributed by atoms with Crippen LogP contribution < -0.4 is 5.32 Å². The van der Waals surface area contributed by atoms with Crippen molar-refractivity contribution in [2.24, 2.45) is 11.8 Å². The zero-order chi connectivity index (χ0) is 21.7. The van der Waals surface area contributed by atoms with Crippen LogP contribution in [0.25, 0.3) is 0 Å². The molecule has 0 radical (unpaired) electrons. The average Bonchev–Trinajstić information content (AvgIpc) is 2.80. The van der Waals surface area contributed by atoms with E-state index in [4.69, 9.17) is 9.84 Å². The minimum absolute atomic E-state index is 0.0486. The van der Waals surface area contributed by atoms with Crippen LogP contribution in [-0.2, 0) is 14.3 Å². The summed E-state index contributed by atoms with van der Waals surface area (Å²) in [6, 6.07) is 0. The zero-order valence-electron chi connectivity index (χ0n) is 18.0. The van der Waals surface area contributed by atoms with Gasteiger partial charge in [-0.25, -0.2) is 0 Å². The third-order valence-electron chi connectivity index (χ3n) is 5.33. The number of hydrogen-bond acceptors (Lipinski definition) is 6. The predicted molar refractivity (Wildman–Crippen MR) is 105 cm³/mol. The largest absolute Gasteiger partial charge is 0.462 e. The van der Waals surface area contributed by atoms with Crippen LogP contribution in [0.2, 0.25) is 0 Å². The van der Waals surface area contributed by atoms with Crippen molar-refractivity contribution in [2.75, 3.05) is 0 Å². The number of aliphatic hydroxyl groups is 1. The van der Waals surface area contributed by atoms with Gasteiger partial charge in [-0.1, -0.05) is 0 Å². The number of nitrogens with one attached hydrogen (secondary N) is 1. The van der Waals surface area contributed by atoms with E-state index in [1.807, 2.05) is 20.8 Å². The van der Waals surface area contributed by atoms with Gasteiger partial charge in [-0.2, -0.15) is 0 Å². The van der Waals surface area contributed by atoms with Crippen molar-refractivity contribution in [2.45, 2.75) is 103 Å². The molecule has 0 aliphatic carbocycles. The highest BCUT2D eigenvalue weighted by Crippen LogP contribution is 2.29. The number of rotatable bonds is 6. The van der Waals surface area contributed by atoms with Gasteiger partial charge in [0.05, 0.1) is 18.1 Å². The molecule has 4 atom stereocenters. The van der Waals surface area contributed by atoms with Crippen LogP contribution in [0.5, 0.6) is 0 Å². The molecule has 2 fully saturated rings. The van der Waals surface area contributed by atoms with Crippen molar-refractivity contribution in [3.05, 3.63) is 10.1 Å². The topological polar surface area (TPSA) is 119 Å². The summed E-state index contributed by atoms with van der Waals surface area (Å²) < 4.78 is 5.06. The Morgan fingerprint density at radius 1 is 1.32 bits per heavy atom. The number of ether oxygens (including phenoxy) is 1. The molecule has 1 amide bonds. The number of nitro groups is 1. The molecule has 0 bridgehead atoms. The normalized spacial score (nSPS) is 27.9. The number of aliphatic hydroxyl groups excluding tert-OH is 1. The van der Waals surface area contributed by atoms with E-state index in [1.165, 1.54) is 13.8 Å². The minimum atomic E-state index is -1.05. The van der Waals surface area contributed by atoms with Crippen molar-refractivity contribution in [1.29, 1.82) is 0 Å². The lowest BCUT2D eigenvalue weighted by molar-refractivity contribution is -0.562. The number of hydrogen-bond donors (Lipinski definition) is 2. The molecule has 28 heavy (non-hydrogen) atoms. The predicted octanol–water partition coefficient (Wildman–Crippen LogP) is 2.84. The van der Waals surface area contributed by atoms with E-state index >= 15 is 0 Å². The molecule has 8 heteroatoms. The fourth-order valence-electron chi connectivity index (χ4n) is 3.64. The summed E-state index contributed by atoms with van der Waals surface area (Å²) in [4.78, 5) is 33.3. The molecule has 0 aromatic carbocycles. The summed E-state index contributed by atoms with van der Waals surface area (Å²) in [6.07, 6.45) is 3.80. The second kappa shape index (κ2) is 9.67. The van der Waals surface area contributed by atoms with Gasteiger partial charge in [0.1, 0.15) is 0 Å². The van der Waals surface area contributed by atoms with Crippen LogP contribution in [0.4, 0.5) is 0 Å². The van der Waals surface area contributed by atoms with Gasteiger partial charge < -0.3 is 15.2 Å². The van der Waals surface area contributed by atoms with E-state index in [0.717, 1.165) is 19.3 Å². The highest BCUT2D eigenvalue weighted by Gasteiger charge is 2.39. The van der Waals surface area contributed by atoms with Gasteiger partial charge in [0, 0.05) is 36.6 Å². The maximum atomic E-state index is 11.5. The van der Waals surface area contributed by atoms with Crippen LogP contribution in [0.1, 0.15) is 80.1 Å². The van der Waals surface area contributed by atoms with Crippen molar-refractivity contribution >= 4 is 11.9 Å². The van der Waals surface area contributed by atoms with Crippen molar-refractivity contribution in [3.8, 4) is 0 Å². The van der Waals surface area contributed by atoms with E-state index in [1.54, 1.807) is 6.92 Å². The van der Waals surface area contributed by atoms with Crippen molar-refractivity contribution < 1.29 is 24.4 Å². The molecule has 8 nitrogen and oxygen atoms in total. The standard InChI is InChI=1S/C10H17NO4.C10H19NO2/c1-7-4-5-8(9(12)15-7)6-10(2,3)11(13)14;1-7(12)4-5-8-6-10(2,3)11-9(8)13/h7-8H,4-6H2,1-3H3;7-8,12H,4-6H2,1-3H3,(H,11,13). The number of esters is 1. The first kappa shape index (κ1) is 24.3. The Morgan fingerprint density at radius 2 is 1.93 bits per heavy atom. The third-order valence-corrected chi connectivity index (χ3v) is 5.33. The molecule has 2 rings (SSSR count). The molecular weight excluding hydrogens is 364 g/mol. The zero-order valence-corrected chi connectivity index (χ0v) is 18.0. The number of nitrogens with zero attached hydrogens (tertiary/aromatic N) is 1. The average molecular weight is 401 g/mol. The summed E-state index contributed by atoms with van der Waals surface area (Å²) in [6.45, 7) is 10.8. The Balaban J connectivity index is 0.000000283. The number of cyclic esters (lactones) is 1. The SMILES string of the molecule is CC(O)CCC1CC(C)(C)NC1=O.CC1CCC(CC(C)(C)[N+](=O)[O-])C(=O)O1. The highest BCUT2D eigenvalue weighted by atomic mass is 16.6. The van der Waals surface area contributed by atoms with Crippen LogP contribution in [0.3, 0.4) is 0 Å². The fourth-order valence-corrected chi connectivity index (χ4v) is 3.64. The first-order valence-electron chi connectivity index (χ1n) is 10.1. The second-order valence-electron chi connectivity index (χ2n) is 9.50. The first-order valence-corrected chi connectivity index (χ1v) is 10.1. The Bertz CT molecular complexity index is 573. The molecular formula is C20H36N2O6. The Hall–Kier alpha value is -1.70. The number of carbonyl (C=O) groups is 2. The molecule has 2 N–H and O–H groups in total.